The van der Waals surface area contributed by atoms with Gasteiger partial charge in [-0.25, -0.2) is 4.79 Å². The summed E-state index contributed by atoms with van der Waals surface area (Å²) in [6, 6.07) is 5.96. The summed E-state index contributed by atoms with van der Waals surface area (Å²) in [6.07, 6.45) is 2.93. The summed E-state index contributed by atoms with van der Waals surface area (Å²) in [5.74, 6) is -0.0191. The monoisotopic (exact) mass is 290 g/mol. The molecule has 0 heterocycles. The predicted molar refractivity (Wildman–Crippen MR) is 86.8 cm³/mol. The van der Waals surface area contributed by atoms with Crippen molar-refractivity contribution in [2.24, 2.45) is 0 Å². The van der Waals surface area contributed by atoms with E-state index in [4.69, 9.17) is 9.84 Å². The van der Waals surface area contributed by atoms with Crippen LogP contribution in [0.15, 0.2) is 24.3 Å². The zero-order valence-corrected chi connectivity index (χ0v) is 13.7. The minimum atomic E-state index is -0.907. The molecule has 3 nitrogen and oxygen atoms in total. The van der Waals surface area contributed by atoms with Crippen molar-refractivity contribution in [2.75, 3.05) is 6.61 Å². The van der Waals surface area contributed by atoms with Crippen LogP contribution in [0.2, 0.25) is 0 Å². The Morgan fingerprint density at radius 1 is 1.29 bits per heavy atom. The molecule has 1 aromatic carbocycles. The van der Waals surface area contributed by atoms with Gasteiger partial charge in [0.15, 0.2) is 0 Å². The summed E-state index contributed by atoms with van der Waals surface area (Å²) < 4.78 is 5.83. The second kappa shape index (κ2) is 7.30. The third-order valence-corrected chi connectivity index (χ3v) is 3.30. The van der Waals surface area contributed by atoms with Crippen molar-refractivity contribution >= 4 is 11.5 Å². The van der Waals surface area contributed by atoms with Gasteiger partial charge < -0.3 is 9.84 Å². The van der Waals surface area contributed by atoms with Crippen LogP contribution in [0.5, 0.6) is 5.75 Å². The number of ether oxygens (including phenoxy) is 1. The van der Waals surface area contributed by atoms with Gasteiger partial charge in [0.05, 0.1) is 6.61 Å². The van der Waals surface area contributed by atoms with E-state index in [0.29, 0.717) is 13.0 Å². The predicted octanol–water partition coefficient (Wildman–Crippen LogP) is 4.65. The zero-order chi connectivity index (χ0) is 16.0. The summed E-state index contributed by atoms with van der Waals surface area (Å²) in [7, 11) is 0. The topological polar surface area (TPSA) is 46.5 Å². The lowest BCUT2D eigenvalue weighted by molar-refractivity contribution is -0.131. The maximum absolute atomic E-state index is 10.9. The molecule has 0 saturated heterocycles. The molecule has 0 unspecified atom stereocenters. The highest BCUT2D eigenvalue weighted by Gasteiger charge is 2.20. The van der Waals surface area contributed by atoms with Crippen molar-refractivity contribution in [3.63, 3.8) is 0 Å². The Bertz CT molecular complexity index is 522. The molecule has 1 rings (SSSR count). The third-order valence-electron chi connectivity index (χ3n) is 3.30. The Labute approximate surface area is 127 Å². The van der Waals surface area contributed by atoms with Crippen molar-refractivity contribution in [3.05, 3.63) is 35.4 Å². The van der Waals surface area contributed by atoms with Gasteiger partial charge in [-0.3, -0.25) is 0 Å². The van der Waals surface area contributed by atoms with E-state index in [9.17, 15) is 4.79 Å². The molecule has 0 aromatic heterocycles. The lowest BCUT2D eigenvalue weighted by Gasteiger charge is -2.24. The van der Waals surface area contributed by atoms with Crippen LogP contribution in [0, 0.1) is 0 Å². The van der Waals surface area contributed by atoms with Gasteiger partial charge in [-0.1, -0.05) is 40.7 Å². The number of benzene rings is 1. The Balaban J connectivity index is 3.30. The van der Waals surface area contributed by atoms with Crippen molar-refractivity contribution in [1.29, 1.82) is 0 Å². The van der Waals surface area contributed by atoms with Crippen LogP contribution in [-0.2, 0) is 10.2 Å². The first kappa shape index (κ1) is 17.3. The smallest absolute Gasteiger partial charge is 0.328 e. The lowest BCUT2D eigenvalue weighted by atomic mass is 9.84. The standard InChI is InChI=1S/C18H26O3/c1-6-10-21-16-9-8-14(11-15(16)18(3,4)5)13(7-2)12-17(19)20/h8-9,11-12H,6-7,10H2,1-5H3,(H,19,20)/b13-12+. The molecule has 0 atom stereocenters. The first-order chi connectivity index (χ1) is 9.79. The SMILES string of the molecule is CCCOc1ccc(/C(=C/C(=O)O)CC)cc1C(C)(C)C. The molecule has 0 saturated carbocycles. The molecule has 0 bridgehead atoms. The van der Waals surface area contributed by atoms with Crippen molar-refractivity contribution in [1.82, 2.24) is 0 Å². The fraction of sp³-hybridized carbons (Fsp3) is 0.500. The highest BCUT2D eigenvalue weighted by atomic mass is 16.5. The molecule has 0 amide bonds. The van der Waals surface area contributed by atoms with Crippen LogP contribution in [0.3, 0.4) is 0 Å². The number of carboxylic acids is 1. The summed E-state index contributed by atoms with van der Waals surface area (Å²) in [5.41, 5.74) is 2.84. The fourth-order valence-corrected chi connectivity index (χ4v) is 2.19. The van der Waals surface area contributed by atoms with E-state index >= 15 is 0 Å². The average Bonchev–Trinajstić information content (AvgIpc) is 2.41. The Kier molecular flexibility index (Phi) is 6.01. The van der Waals surface area contributed by atoms with Crippen LogP contribution in [-0.4, -0.2) is 17.7 Å². The second-order valence-corrected chi connectivity index (χ2v) is 6.17. The van der Waals surface area contributed by atoms with Gasteiger partial charge in [-0.2, -0.15) is 0 Å². The van der Waals surface area contributed by atoms with Crippen LogP contribution >= 0.6 is 0 Å². The van der Waals surface area contributed by atoms with Crippen LogP contribution in [0.1, 0.15) is 58.6 Å². The first-order valence-corrected chi connectivity index (χ1v) is 7.50. The fourth-order valence-electron chi connectivity index (χ4n) is 2.19. The molecular weight excluding hydrogens is 264 g/mol. The second-order valence-electron chi connectivity index (χ2n) is 6.17. The molecule has 0 aliphatic rings. The van der Waals surface area contributed by atoms with Gasteiger partial charge in [0.1, 0.15) is 5.75 Å². The molecule has 0 spiro atoms. The number of rotatable bonds is 6. The van der Waals surface area contributed by atoms with Crippen LogP contribution < -0.4 is 4.74 Å². The van der Waals surface area contributed by atoms with Gasteiger partial charge in [0.2, 0.25) is 0 Å². The lowest BCUT2D eigenvalue weighted by Crippen LogP contribution is -2.14. The van der Waals surface area contributed by atoms with E-state index in [1.807, 2.05) is 19.1 Å². The van der Waals surface area contributed by atoms with E-state index < -0.39 is 5.97 Å². The largest absolute Gasteiger partial charge is 0.493 e. The van der Waals surface area contributed by atoms with Crippen molar-refractivity contribution < 1.29 is 14.6 Å². The van der Waals surface area contributed by atoms with Crippen LogP contribution in [0.25, 0.3) is 5.57 Å². The van der Waals surface area contributed by atoms with E-state index in [2.05, 4.69) is 33.8 Å². The summed E-state index contributed by atoms with van der Waals surface area (Å²) >= 11 is 0. The number of allylic oxidation sites excluding steroid dienone is 1. The molecule has 116 valence electrons. The van der Waals surface area contributed by atoms with Gasteiger partial charge in [-0.05, 0) is 41.5 Å². The van der Waals surface area contributed by atoms with Crippen molar-refractivity contribution in [2.45, 2.75) is 52.9 Å². The number of hydrogen-bond donors (Lipinski definition) is 1. The number of hydrogen-bond acceptors (Lipinski definition) is 2. The minimum Gasteiger partial charge on any atom is -0.493 e. The Hall–Kier alpha value is -1.77. The van der Waals surface area contributed by atoms with Gasteiger partial charge in [0, 0.05) is 11.6 Å². The average molecular weight is 290 g/mol. The van der Waals surface area contributed by atoms with E-state index in [1.165, 1.54) is 6.08 Å². The molecule has 1 aromatic rings. The molecule has 1 N–H and O–H groups in total. The molecule has 0 fully saturated rings. The Morgan fingerprint density at radius 2 is 1.95 bits per heavy atom. The summed E-state index contributed by atoms with van der Waals surface area (Å²) in [6.45, 7) is 11.1. The maximum atomic E-state index is 10.9. The molecule has 21 heavy (non-hydrogen) atoms. The molecule has 0 radical (unpaired) electrons. The van der Waals surface area contributed by atoms with E-state index in [1.54, 1.807) is 0 Å². The number of aliphatic carboxylic acids is 1. The van der Waals surface area contributed by atoms with E-state index in [-0.39, 0.29) is 5.41 Å². The van der Waals surface area contributed by atoms with Gasteiger partial charge >= 0.3 is 5.97 Å². The Morgan fingerprint density at radius 3 is 2.43 bits per heavy atom. The normalized spacial score (nSPS) is 12.3. The number of carboxylic acid groups (broad SMARTS) is 1. The molecular formula is C18H26O3. The van der Waals surface area contributed by atoms with Crippen LogP contribution in [0.4, 0.5) is 0 Å². The maximum Gasteiger partial charge on any atom is 0.328 e. The summed E-state index contributed by atoms with van der Waals surface area (Å²) in [4.78, 5) is 10.9. The summed E-state index contributed by atoms with van der Waals surface area (Å²) in [5, 5.41) is 8.98. The van der Waals surface area contributed by atoms with Gasteiger partial charge in [0.25, 0.3) is 0 Å². The number of carbonyl (C=O) groups is 1. The first-order valence-electron chi connectivity index (χ1n) is 7.50. The molecule has 3 heteroatoms. The highest BCUT2D eigenvalue weighted by Crippen LogP contribution is 2.34. The highest BCUT2D eigenvalue weighted by molar-refractivity contribution is 5.90. The quantitative estimate of drug-likeness (QED) is 0.776. The van der Waals surface area contributed by atoms with E-state index in [0.717, 1.165) is 28.9 Å². The molecule has 0 aliphatic carbocycles. The minimum absolute atomic E-state index is 0.0544. The zero-order valence-electron chi connectivity index (χ0n) is 13.7. The molecule has 0 aliphatic heterocycles. The third kappa shape index (κ3) is 4.92. The van der Waals surface area contributed by atoms with Crippen molar-refractivity contribution in [3.8, 4) is 5.75 Å². The van der Waals surface area contributed by atoms with Gasteiger partial charge in [-0.15, -0.1) is 0 Å².